The highest BCUT2D eigenvalue weighted by atomic mass is 35.5. The van der Waals surface area contributed by atoms with Crippen LogP contribution in [0.1, 0.15) is 58.4 Å². The molecule has 1 fully saturated rings. The normalized spacial score (nSPS) is 24.2. The number of esters is 1. The van der Waals surface area contributed by atoms with Crippen molar-refractivity contribution in [2.45, 2.75) is 84.2 Å². The summed E-state index contributed by atoms with van der Waals surface area (Å²) in [5.41, 5.74) is 0.625. The van der Waals surface area contributed by atoms with Crippen LogP contribution in [0.4, 0.5) is 0 Å². The lowest BCUT2D eigenvalue weighted by molar-refractivity contribution is -0.153. The molecule has 0 aliphatic heterocycles. The van der Waals surface area contributed by atoms with Gasteiger partial charge in [0.1, 0.15) is 12.5 Å². The monoisotopic (exact) mass is 394 g/mol. The summed E-state index contributed by atoms with van der Waals surface area (Å²) in [6.07, 6.45) is 3.13. The van der Waals surface area contributed by atoms with Crippen LogP contribution in [0, 0.1) is 5.92 Å². The minimum absolute atomic E-state index is 0.0541. The van der Waals surface area contributed by atoms with Gasteiger partial charge in [-0.05, 0) is 43.3 Å². The number of halogens is 1. The minimum atomic E-state index is -1.35. The van der Waals surface area contributed by atoms with Crippen molar-refractivity contribution in [1.82, 2.24) is 0 Å². The van der Waals surface area contributed by atoms with Gasteiger partial charge in [-0.3, -0.25) is 4.79 Å². The van der Waals surface area contributed by atoms with Crippen LogP contribution < -0.4 is 4.74 Å². The molecule has 1 aromatic carbocycles. The van der Waals surface area contributed by atoms with E-state index in [1.165, 1.54) is 6.42 Å². The number of hydrogen-bond acceptors (Lipinski definition) is 4. The highest BCUT2D eigenvalue weighted by molar-refractivity contribution is 6.57. The third-order valence-corrected chi connectivity index (χ3v) is 5.62. The molecule has 0 spiro atoms. The van der Waals surface area contributed by atoms with Crippen LogP contribution >= 0.6 is 11.6 Å². The molecule has 6 heteroatoms. The number of benzene rings is 1. The molecule has 0 aromatic heterocycles. The molecule has 4 nitrogen and oxygen atoms in total. The molecule has 0 heterocycles. The van der Waals surface area contributed by atoms with Crippen molar-refractivity contribution in [3.05, 3.63) is 28.8 Å². The van der Waals surface area contributed by atoms with Gasteiger partial charge >= 0.3 is 5.97 Å². The van der Waals surface area contributed by atoms with Crippen molar-refractivity contribution in [2.75, 3.05) is 0 Å². The Kier molecular flexibility index (Phi) is 7.26. The quantitative estimate of drug-likeness (QED) is 0.398. The fourth-order valence-electron chi connectivity index (χ4n) is 3.85. The maximum atomic E-state index is 12.9. The van der Waals surface area contributed by atoms with Crippen LogP contribution in [0.3, 0.4) is 0 Å². The second-order valence-corrected chi connectivity index (χ2v) is 9.19. The number of ether oxygens (including phenoxy) is 2. The molecule has 1 aliphatic carbocycles. The van der Waals surface area contributed by atoms with E-state index >= 15 is 0 Å². The number of carbonyl (C=O) groups is 1. The number of rotatable bonds is 6. The zero-order valence-electron chi connectivity index (χ0n) is 17.3. The molecule has 0 amide bonds. The van der Waals surface area contributed by atoms with E-state index in [1.807, 2.05) is 0 Å². The molecule has 0 radical (unpaired) electrons. The van der Waals surface area contributed by atoms with Crippen LogP contribution in [0.15, 0.2) is 18.2 Å². The third kappa shape index (κ3) is 6.15. The number of carbonyl (C=O) groups excluding carboxylic acids is 1. The van der Waals surface area contributed by atoms with E-state index < -0.39 is 11.7 Å². The van der Waals surface area contributed by atoms with Crippen LogP contribution in [0.25, 0.3) is 0 Å². The van der Waals surface area contributed by atoms with Gasteiger partial charge in [-0.25, -0.2) is 0 Å². The van der Waals surface area contributed by atoms with Crippen molar-refractivity contribution < 1.29 is 19.4 Å². The lowest BCUT2D eigenvalue weighted by atomic mass is 9.41. The van der Waals surface area contributed by atoms with Crippen molar-refractivity contribution >= 4 is 24.3 Å². The first kappa shape index (κ1) is 22.1. The first-order chi connectivity index (χ1) is 12.5. The first-order valence-electron chi connectivity index (χ1n) is 9.89. The van der Waals surface area contributed by atoms with E-state index in [-0.39, 0.29) is 12.1 Å². The van der Waals surface area contributed by atoms with Gasteiger partial charge in [0.05, 0.1) is 12.0 Å². The minimum Gasteiger partial charge on any atom is -0.463 e. The third-order valence-electron chi connectivity index (χ3n) is 5.38. The molecule has 2 rings (SSSR count). The molecular formula is C21H32BClO4. The Morgan fingerprint density at radius 1 is 1.33 bits per heavy atom. The van der Waals surface area contributed by atoms with Crippen molar-refractivity contribution in [3.63, 3.8) is 0 Å². The predicted molar refractivity (Wildman–Crippen MR) is 111 cm³/mol. The fraction of sp³-hybridized carbons (Fsp3) is 0.667. The van der Waals surface area contributed by atoms with Gasteiger partial charge in [0.2, 0.25) is 5.79 Å². The van der Waals surface area contributed by atoms with E-state index in [4.69, 9.17) is 21.1 Å². The molecule has 0 saturated heterocycles. The van der Waals surface area contributed by atoms with Crippen molar-refractivity contribution in [3.8, 4) is 5.75 Å². The largest absolute Gasteiger partial charge is 0.463 e. The summed E-state index contributed by atoms with van der Waals surface area (Å²) >= 11 is 6.14. The van der Waals surface area contributed by atoms with Crippen LogP contribution in [0.5, 0.6) is 5.75 Å². The average molecular weight is 395 g/mol. The summed E-state index contributed by atoms with van der Waals surface area (Å²) in [7, 11) is 0. The van der Waals surface area contributed by atoms with Crippen LogP contribution in [0.2, 0.25) is 24.5 Å². The lowest BCUT2D eigenvalue weighted by Gasteiger charge is -2.36. The summed E-state index contributed by atoms with van der Waals surface area (Å²) in [5.74, 6) is -0.770. The summed E-state index contributed by atoms with van der Waals surface area (Å²) < 4.78 is 11.6. The Bertz CT molecular complexity index is 656. The zero-order valence-corrected chi connectivity index (χ0v) is 18.0. The highest BCUT2D eigenvalue weighted by Gasteiger charge is 2.36. The van der Waals surface area contributed by atoms with E-state index in [2.05, 4.69) is 20.6 Å². The van der Waals surface area contributed by atoms with Gasteiger partial charge in [0, 0.05) is 24.4 Å². The fourth-order valence-corrected chi connectivity index (χ4v) is 4.03. The number of hydrogen-bond donors (Lipinski definition) is 1. The van der Waals surface area contributed by atoms with Gasteiger partial charge < -0.3 is 14.6 Å². The molecule has 1 saturated carbocycles. The van der Waals surface area contributed by atoms with E-state index in [9.17, 15) is 9.90 Å². The maximum absolute atomic E-state index is 12.9. The molecule has 1 aliphatic rings. The molecule has 0 bridgehead atoms. The lowest BCUT2D eigenvalue weighted by Crippen LogP contribution is -2.36. The molecule has 150 valence electrons. The summed E-state index contributed by atoms with van der Waals surface area (Å²) in [6.45, 7) is 12.0. The van der Waals surface area contributed by atoms with Crippen molar-refractivity contribution in [1.29, 1.82) is 0 Å². The highest BCUT2D eigenvalue weighted by Crippen LogP contribution is 2.39. The van der Waals surface area contributed by atoms with Gasteiger partial charge in [0.25, 0.3) is 0 Å². The maximum Gasteiger partial charge on any atom is 0.313 e. The van der Waals surface area contributed by atoms with E-state index in [1.54, 1.807) is 39.0 Å². The summed E-state index contributed by atoms with van der Waals surface area (Å²) in [4.78, 5) is 12.9. The Labute approximate surface area is 168 Å². The second-order valence-electron chi connectivity index (χ2n) is 8.75. The standard InChI is InChI=1S/C21H32BClO4/c1-13-7-9-17(22(5)6)19(11-13)26-20(24)14(2)16-12-15(23)8-10-18(16)27-21(3,4)25/h8,10,12-14,17,19,25H,7,9,11H2,1-6H3/t13-,14+,17-,19-/m0/s1. The molecular weight excluding hydrogens is 362 g/mol. The van der Waals surface area contributed by atoms with E-state index in [0.717, 1.165) is 12.8 Å². The molecule has 4 atom stereocenters. The Hall–Kier alpha value is -1.20. The van der Waals surface area contributed by atoms with Gasteiger partial charge in [-0.2, -0.15) is 0 Å². The Morgan fingerprint density at radius 3 is 2.59 bits per heavy atom. The van der Waals surface area contributed by atoms with Gasteiger partial charge in [0.15, 0.2) is 0 Å². The predicted octanol–water partition coefficient (Wildman–Crippen LogP) is 5.41. The SMILES string of the molecule is CB(C)[C@H]1CC[C@H](C)C[C@@H]1OC(=O)[C@H](C)c1cc(Cl)ccc1OC(C)(C)O. The Morgan fingerprint density at radius 2 is 2.00 bits per heavy atom. The van der Waals surface area contributed by atoms with Gasteiger partial charge in [-0.15, -0.1) is 0 Å². The van der Waals surface area contributed by atoms with Crippen LogP contribution in [-0.4, -0.2) is 29.7 Å². The first-order valence-corrected chi connectivity index (χ1v) is 10.3. The Balaban J connectivity index is 2.20. The topological polar surface area (TPSA) is 55.8 Å². The molecule has 1 N–H and O–H groups in total. The smallest absolute Gasteiger partial charge is 0.313 e. The van der Waals surface area contributed by atoms with Gasteiger partial charge in [-0.1, -0.05) is 45.0 Å². The second kappa shape index (κ2) is 8.87. The average Bonchev–Trinajstić information content (AvgIpc) is 2.54. The summed E-state index contributed by atoms with van der Waals surface area (Å²) in [6, 6.07) is 5.07. The molecule has 0 unspecified atom stereocenters. The zero-order chi connectivity index (χ0) is 20.4. The van der Waals surface area contributed by atoms with Crippen LogP contribution in [-0.2, 0) is 9.53 Å². The van der Waals surface area contributed by atoms with E-state index in [0.29, 0.717) is 34.8 Å². The summed E-state index contributed by atoms with van der Waals surface area (Å²) in [5, 5.41) is 10.5. The van der Waals surface area contributed by atoms with Crippen molar-refractivity contribution in [2.24, 2.45) is 5.92 Å². The molecule has 1 aromatic rings. The molecule has 27 heavy (non-hydrogen) atoms. The number of aliphatic hydroxyl groups is 1.